The highest BCUT2D eigenvalue weighted by Gasteiger charge is 2.30. The predicted molar refractivity (Wildman–Crippen MR) is 130 cm³/mol. The minimum atomic E-state index is -3.82. The Hall–Kier alpha value is -3.07. The van der Waals surface area contributed by atoms with Crippen molar-refractivity contribution in [1.82, 2.24) is 10.2 Å². The summed E-state index contributed by atoms with van der Waals surface area (Å²) in [5.74, 6) is -0.440. The normalized spacial score (nSPS) is 12.0. The summed E-state index contributed by atoms with van der Waals surface area (Å²) in [4.78, 5) is 27.4. The predicted octanol–water partition coefficient (Wildman–Crippen LogP) is 2.71. The minimum absolute atomic E-state index is 0.169. The Morgan fingerprint density at radius 2 is 1.70 bits per heavy atom. The Balaban J connectivity index is 2.41. The molecule has 2 amide bonds. The third-order valence-electron chi connectivity index (χ3n) is 5.10. The quantitative estimate of drug-likeness (QED) is 0.539. The van der Waals surface area contributed by atoms with Gasteiger partial charge in [0.05, 0.1) is 18.6 Å². The van der Waals surface area contributed by atoms with Gasteiger partial charge in [0.2, 0.25) is 21.8 Å². The number of ether oxygens (including phenoxy) is 1. The van der Waals surface area contributed by atoms with Crippen LogP contribution in [0.4, 0.5) is 5.69 Å². The zero-order valence-electron chi connectivity index (χ0n) is 19.9. The molecule has 1 unspecified atom stereocenters. The molecular weight excluding hydrogens is 442 g/mol. The van der Waals surface area contributed by atoms with Crippen LogP contribution in [0.5, 0.6) is 5.75 Å². The lowest BCUT2D eigenvalue weighted by molar-refractivity contribution is -0.139. The number of nitrogens with zero attached hydrogens (tertiary/aromatic N) is 2. The number of hydrogen-bond acceptors (Lipinski definition) is 5. The molecule has 2 rings (SSSR count). The molecule has 0 fully saturated rings. The zero-order valence-corrected chi connectivity index (χ0v) is 20.7. The van der Waals surface area contributed by atoms with Crippen LogP contribution >= 0.6 is 0 Å². The first-order valence-electron chi connectivity index (χ1n) is 10.9. The van der Waals surface area contributed by atoms with Crippen LogP contribution in [-0.2, 0) is 26.2 Å². The number of aryl methyl sites for hydroxylation is 1. The number of rotatable bonds is 11. The van der Waals surface area contributed by atoms with Gasteiger partial charge in [0.25, 0.3) is 0 Å². The molecular formula is C24H33N3O5S. The highest BCUT2D eigenvalue weighted by Crippen LogP contribution is 2.30. The summed E-state index contributed by atoms with van der Waals surface area (Å²) < 4.78 is 31.9. The van der Waals surface area contributed by atoms with E-state index in [1.807, 2.05) is 31.2 Å². The second-order valence-electron chi connectivity index (χ2n) is 7.75. The van der Waals surface area contributed by atoms with Crippen molar-refractivity contribution in [2.45, 2.75) is 40.3 Å². The number of amides is 2. The van der Waals surface area contributed by atoms with Crippen molar-refractivity contribution in [2.75, 3.05) is 30.3 Å². The van der Waals surface area contributed by atoms with E-state index in [2.05, 4.69) is 5.32 Å². The maximum atomic E-state index is 13.5. The van der Waals surface area contributed by atoms with Gasteiger partial charge in [0, 0.05) is 13.1 Å². The number of para-hydroxylation sites is 2. The van der Waals surface area contributed by atoms with Gasteiger partial charge in [-0.25, -0.2) is 8.42 Å². The third kappa shape index (κ3) is 7.21. The molecule has 0 saturated carbocycles. The molecule has 0 bridgehead atoms. The molecule has 0 spiro atoms. The summed E-state index contributed by atoms with van der Waals surface area (Å²) in [5.41, 5.74) is 2.19. The van der Waals surface area contributed by atoms with Crippen molar-refractivity contribution in [1.29, 1.82) is 0 Å². The molecule has 180 valence electrons. The molecule has 33 heavy (non-hydrogen) atoms. The Labute approximate surface area is 196 Å². The SMILES string of the molecule is CCNC(=O)C(C)N(Cc1ccc(C)cc1)C(=O)CN(c1ccccc1OCC)S(C)(=O)=O. The second-order valence-corrected chi connectivity index (χ2v) is 9.65. The maximum absolute atomic E-state index is 13.5. The summed E-state index contributed by atoms with van der Waals surface area (Å²) in [5, 5.41) is 2.73. The van der Waals surface area contributed by atoms with Gasteiger partial charge in [-0.15, -0.1) is 0 Å². The first-order valence-corrected chi connectivity index (χ1v) is 12.8. The van der Waals surface area contributed by atoms with Crippen LogP contribution < -0.4 is 14.4 Å². The largest absolute Gasteiger partial charge is 0.492 e. The van der Waals surface area contributed by atoms with E-state index in [0.717, 1.165) is 21.7 Å². The Morgan fingerprint density at radius 3 is 2.27 bits per heavy atom. The number of likely N-dealkylation sites (N-methyl/N-ethyl adjacent to an activating group) is 1. The molecule has 2 aromatic carbocycles. The lowest BCUT2D eigenvalue weighted by Gasteiger charge is -2.31. The lowest BCUT2D eigenvalue weighted by Crippen LogP contribution is -2.51. The fourth-order valence-electron chi connectivity index (χ4n) is 3.33. The summed E-state index contributed by atoms with van der Waals surface area (Å²) in [6, 6.07) is 13.5. The number of carbonyl (C=O) groups excluding carboxylic acids is 2. The number of nitrogens with one attached hydrogen (secondary N) is 1. The van der Waals surface area contributed by atoms with Gasteiger partial charge in [-0.05, 0) is 45.4 Å². The van der Waals surface area contributed by atoms with Gasteiger partial charge in [-0.1, -0.05) is 42.0 Å². The Bertz CT molecular complexity index is 1050. The van der Waals surface area contributed by atoms with Crippen LogP contribution in [0.2, 0.25) is 0 Å². The summed E-state index contributed by atoms with van der Waals surface area (Å²) >= 11 is 0. The monoisotopic (exact) mass is 475 g/mol. The second kappa shape index (κ2) is 11.7. The maximum Gasteiger partial charge on any atom is 0.244 e. The van der Waals surface area contributed by atoms with Crippen molar-refractivity contribution >= 4 is 27.5 Å². The topological polar surface area (TPSA) is 96.0 Å². The number of sulfonamides is 1. The first kappa shape index (κ1) is 26.2. The highest BCUT2D eigenvalue weighted by atomic mass is 32.2. The minimum Gasteiger partial charge on any atom is -0.492 e. The molecule has 0 saturated heterocycles. The molecule has 1 atom stereocenters. The van der Waals surface area contributed by atoms with Crippen LogP contribution in [0, 0.1) is 6.92 Å². The summed E-state index contributed by atoms with van der Waals surface area (Å²) in [6.45, 7) is 7.67. The van der Waals surface area contributed by atoms with Gasteiger partial charge in [-0.2, -0.15) is 0 Å². The first-order chi connectivity index (χ1) is 15.6. The average Bonchev–Trinajstić information content (AvgIpc) is 2.76. The standard InChI is InChI=1S/C24H33N3O5S/c1-6-25-24(29)19(4)26(16-20-14-12-18(3)13-15-20)23(28)17-27(33(5,30)31)21-10-8-9-11-22(21)32-7-2/h8-15,19H,6-7,16-17H2,1-5H3,(H,25,29). The number of hydrogen-bond donors (Lipinski definition) is 1. The Kier molecular flexibility index (Phi) is 9.28. The van der Waals surface area contributed by atoms with Crippen molar-refractivity contribution in [2.24, 2.45) is 0 Å². The van der Waals surface area contributed by atoms with E-state index in [-0.39, 0.29) is 18.1 Å². The molecule has 9 heteroatoms. The van der Waals surface area contributed by atoms with Crippen LogP contribution in [-0.4, -0.2) is 57.1 Å². The molecule has 0 radical (unpaired) electrons. The molecule has 0 aliphatic heterocycles. The number of benzene rings is 2. The molecule has 0 heterocycles. The fourth-order valence-corrected chi connectivity index (χ4v) is 4.18. The molecule has 0 aromatic heterocycles. The summed E-state index contributed by atoms with van der Waals surface area (Å²) in [7, 11) is -3.82. The van der Waals surface area contributed by atoms with Crippen LogP contribution in [0.25, 0.3) is 0 Å². The lowest BCUT2D eigenvalue weighted by atomic mass is 10.1. The highest BCUT2D eigenvalue weighted by molar-refractivity contribution is 7.92. The van der Waals surface area contributed by atoms with E-state index >= 15 is 0 Å². The van der Waals surface area contributed by atoms with Gasteiger partial charge in [0.1, 0.15) is 18.3 Å². The van der Waals surface area contributed by atoms with E-state index in [9.17, 15) is 18.0 Å². The van der Waals surface area contributed by atoms with E-state index < -0.39 is 28.5 Å². The molecule has 0 aliphatic rings. The fraction of sp³-hybridized carbons (Fsp3) is 0.417. The van der Waals surface area contributed by atoms with Crippen molar-refractivity contribution in [3.63, 3.8) is 0 Å². The zero-order chi connectivity index (χ0) is 24.6. The number of anilines is 1. The van der Waals surface area contributed by atoms with E-state index in [4.69, 9.17) is 4.74 Å². The molecule has 1 N–H and O–H groups in total. The van der Waals surface area contributed by atoms with Gasteiger partial charge in [0.15, 0.2) is 0 Å². The van der Waals surface area contributed by atoms with Crippen molar-refractivity contribution < 1.29 is 22.7 Å². The smallest absolute Gasteiger partial charge is 0.244 e. The van der Waals surface area contributed by atoms with Gasteiger partial charge >= 0.3 is 0 Å². The number of carbonyl (C=O) groups is 2. The molecule has 0 aliphatic carbocycles. The van der Waals surface area contributed by atoms with Crippen molar-refractivity contribution in [3.05, 3.63) is 59.7 Å². The van der Waals surface area contributed by atoms with E-state index in [1.54, 1.807) is 45.0 Å². The average molecular weight is 476 g/mol. The van der Waals surface area contributed by atoms with Crippen LogP contribution in [0.1, 0.15) is 31.9 Å². The van der Waals surface area contributed by atoms with Gasteiger partial charge in [-0.3, -0.25) is 13.9 Å². The van der Waals surface area contributed by atoms with Crippen molar-refractivity contribution in [3.8, 4) is 5.75 Å². The molecule has 2 aromatic rings. The molecule has 8 nitrogen and oxygen atoms in total. The van der Waals surface area contributed by atoms with Crippen LogP contribution in [0.3, 0.4) is 0 Å². The third-order valence-corrected chi connectivity index (χ3v) is 6.23. The Morgan fingerprint density at radius 1 is 1.06 bits per heavy atom. The summed E-state index contributed by atoms with van der Waals surface area (Å²) in [6.07, 6.45) is 1.04. The van der Waals surface area contributed by atoms with Gasteiger partial charge < -0.3 is 15.0 Å². The van der Waals surface area contributed by atoms with Crippen LogP contribution in [0.15, 0.2) is 48.5 Å². The van der Waals surface area contributed by atoms with E-state index in [0.29, 0.717) is 18.9 Å². The van der Waals surface area contributed by atoms with E-state index in [1.165, 1.54) is 4.90 Å².